The lowest BCUT2D eigenvalue weighted by Gasteiger charge is -2.18. The molecule has 0 aromatic carbocycles. The summed E-state index contributed by atoms with van der Waals surface area (Å²) < 4.78 is 26.5. The third-order valence-corrected chi connectivity index (χ3v) is 12.8. The molecule has 0 unspecified atom stereocenters. The van der Waals surface area contributed by atoms with Crippen molar-refractivity contribution in [3.63, 3.8) is 0 Å². The van der Waals surface area contributed by atoms with Crippen LogP contribution in [0, 0.1) is 0 Å². The summed E-state index contributed by atoms with van der Waals surface area (Å²) in [6, 6.07) is 0. The zero-order valence-corrected chi connectivity index (χ0v) is 41.9. The molecule has 9 heteroatoms. The molecular weight excluding hydrogens is 796 g/mol. The Labute approximate surface area is 384 Å². The van der Waals surface area contributed by atoms with Crippen molar-refractivity contribution in [3.05, 3.63) is 12.2 Å². The van der Waals surface area contributed by atoms with Crippen LogP contribution in [0.25, 0.3) is 0 Å². The van der Waals surface area contributed by atoms with E-state index in [0.29, 0.717) is 12.8 Å². The van der Waals surface area contributed by atoms with Gasteiger partial charge in [0.25, 0.3) is 0 Å². The van der Waals surface area contributed by atoms with E-state index in [1.165, 1.54) is 225 Å². The molecule has 0 aromatic heterocycles. The zero-order valence-electron chi connectivity index (χ0n) is 41.1. The van der Waals surface area contributed by atoms with Crippen molar-refractivity contribution >= 4 is 19.8 Å². The Kier molecular flexibility index (Phi) is 48.3. The first-order valence-electron chi connectivity index (χ1n) is 27.0. The SMILES string of the molecule is CCCCCCCCCCCCCCCCCCCC/C=C/CCCC(=O)OC[C@H](COP(=O)(O)O)OC(=O)CCCCCCCCCCCCCCCCCCCCCCC. The fourth-order valence-electron chi connectivity index (χ4n) is 8.26. The molecule has 0 radical (unpaired) electrons. The van der Waals surface area contributed by atoms with Gasteiger partial charge in [-0.05, 0) is 32.1 Å². The zero-order chi connectivity index (χ0) is 45.3. The number of ether oxygens (including phenoxy) is 2. The van der Waals surface area contributed by atoms with Crippen LogP contribution < -0.4 is 0 Å². The maximum atomic E-state index is 12.5. The van der Waals surface area contributed by atoms with Crippen molar-refractivity contribution in [2.45, 2.75) is 302 Å². The van der Waals surface area contributed by atoms with Crippen molar-refractivity contribution in [2.75, 3.05) is 13.2 Å². The minimum Gasteiger partial charge on any atom is -0.462 e. The van der Waals surface area contributed by atoms with E-state index in [2.05, 4.69) is 30.5 Å². The highest BCUT2D eigenvalue weighted by molar-refractivity contribution is 7.46. The van der Waals surface area contributed by atoms with Crippen molar-refractivity contribution in [2.24, 2.45) is 0 Å². The van der Waals surface area contributed by atoms with E-state index in [0.717, 1.165) is 32.1 Å². The van der Waals surface area contributed by atoms with Crippen LogP contribution in [0.4, 0.5) is 0 Å². The van der Waals surface area contributed by atoms with Gasteiger partial charge in [0.1, 0.15) is 6.61 Å². The van der Waals surface area contributed by atoms with Crippen molar-refractivity contribution in [1.82, 2.24) is 0 Å². The van der Waals surface area contributed by atoms with Gasteiger partial charge in [0.15, 0.2) is 6.10 Å². The van der Waals surface area contributed by atoms with Gasteiger partial charge < -0.3 is 19.3 Å². The van der Waals surface area contributed by atoms with Crippen LogP contribution in [-0.2, 0) is 28.2 Å². The molecule has 0 aliphatic heterocycles. The van der Waals surface area contributed by atoms with Gasteiger partial charge in [-0.2, -0.15) is 0 Å². The van der Waals surface area contributed by atoms with Gasteiger partial charge >= 0.3 is 19.8 Å². The summed E-state index contributed by atoms with van der Waals surface area (Å²) in [5, 5.41) is 0. The average Bonchev–Trinajstić information content (AvgIpc) is 3.25. The topological polar surface area (TPSA) is 119 Å². The molecule has 0 spiro atoms. The summed E-state index contributed by atoms with van der Waals surface area (Å²) in [5.41, 5.74) is 0. The summed E-state index contributed by atoms with van der Waals surface area (Å²) in [5.74, 6) is -0.901. The Morgan fingerprint density at radius 1 is 0.403 bits per heavy atom. The summed E-state index contributed by atoms with van der Waals surface area (Å²) in [6.07, 6.45) is 58.2. The molecule has 2 N–H and O–H groups in total. The first-order valence-corrected chi connectivity index (χ1v) is 28.5. The molecule has 0 heterocycles. The number of hydrogen-bond acceptors (Lipinski definition) is 6. The van der Waals surface area contributed by atoms with E-state index < -0.39 is 32.5 Å². The molecule has 0 aromatic rings. The van der Waals surface area contributed by atoms with Gasteiger partial charge in [0, 0.05) is 12.8 Å². The van der Waals surface area contributed by atoms with Gasteiger partial charge in [0.05, 0.1) is 6.61 Å². The highest BCUT2D eigenvalue weighted by atomic mass is 31.2. The average molecular weight is 899 g/mol. The largest absolute Gasteiger partial charge is 0.469 e. The molecule has 0 bridgehead atoms. The van der Waals surface area contributed by atoms with Crippen LogP contribution in [0.5, 0.6) is 0 Å². The predicted octanol–water partition coefficient (Wildman–Crippen LogP) is 17.3. The Bertz CT molecular complexity index is 1010. The highest BCUT2D eigenvalue weighted by Crippen LogP contribution is 2.36. The summed E-state index contributed by atoms with van der Waals surface area (Å²) in [6.45, 7) is 3.73. The van der Waals surface area contributed by atoms with Crippen LogP contribution in [0.1, 0.15) is 296 Å². The molecule has 0 rings (SSSR count). The fraction of sp³-hybridized carbons (Fsp3) is 0.925. The van der Waals surface area contributed by atoms with Crippen molar-refractivity contribution in [3.8, 4) is 0 Å². The van der Waals surface area contributed by atoms with E-state index in [9.17, 15) is 14.2 Å². The van der Waals surface area contributed by atoms with Crippen LogP contribution in [0.2, 0.25) is 0 Å². The molecule has 368 valence electrons. The standard InChI is InChI=1S/C53H103O8P/c1-3-5-7-9-11-13-15-17-19-21-23-25-26-28-29-31-33-35-37-39-41-43-45-47-52(54)59-49-51(50-60-62(56,57)58)61-53(55)48-46-44-42-40-38-36-34-32-30-27-24-22-20-18-16-14-12-10-8-6-4-2/h39,41,51H,3-38,40,42-50H2,1-2H3,(H2,56,57,58)/b41-39+/t51-/m1/s1. The lowest BCUT2D eigenvalue weighted by Crippen LogP contribution is -2.29. The quantitative estimate of drug-likeness (QED) is 0.0268. The smallest absolute Gasteiger partial charge is 0.462 e. The number of carbonyl (C=O) groups is 2. The number of allylic oxidation sites excluding steroid dienone is 2. The van der Waals surface area contributed by atoms with Gasteiger partial charge in [-0.25, -0.2) is 4.57 Å². The van der Waals surface area contributed by atoms with Gasteiger partial charge in [0.2, 0.25) is 0 Å². The molecular formula is C53H103O8P. The number of phosphoric ester groups is 1. The van der Waals surface area contributed by atoms with Crippen LogP contribution in [0.3, 0.4) is 0 Å². The van der Waals surface area contributed by atoms with Gasteiger partial charge in [-0.1, -0.05) is 264 Å². The molecule has 0 aliphatic rings. The van der Waals surface area contributed by atoms with E-state index in [-0.39, 0.29) is 19.4 Å². The maximum Gasteiger partial charge on any atom is 0.469 e. The minimum atomic E-state index is -4.76. The third kappa shape index (κ3) is 51.4. The Hall–Kier alpha value is -1.21. The molecule has 0 fully saturated rings. The lowest BCUT2D eigenvalue weighted by atomic mass is 10.0. The molecule has 0 saturated carbocycles. The Morgan fingerprint density at radius 3 is 1.03 bits per heavy atom. The van der Waals surface area contributed by atoms with Crippen LogP contribution in [-0.4, -0.2) is 41.0 Å². The number of rotatable bonds is 51. The third-order valence-electron chi connectivity index (χ3n) is 12.3. The van der Waals surface area contributed by atoms with E-state index in [1.807, 2.05) is 0 Å². The molecule has 0 amide bonds. The van der Waals surface area contributed by atoms with Gasteiger partial charge in [-0.15, -0.1) is 0 Å². The predicted molar refractivity (Wildman–Crippen MR) is 262 cm³/mol. The monoisotopic (exact) mass is 899 g/mol. The highest BCUT2D eigenvalue weighted by Gasteiger charge is 2.23. The first kappa shape index (κ1) is 60.8. The number of unbranched alkanes of at least 4 members (excludes halogenated alkanes) is 39. The van der Waals surface area contributed by atoms with E-state index in [1.54, 1.807) is 0 Å². The lowest BCUT2D eigenvalue weighted by molar-refractivity contribution is -0.161. The number of hydrogen-bond donors (Lipinski definition) is 2. The second kappa shape index (κ2) is 49.2. The molecule has 1 atom stereocenters. The second-order valence-corrected chi connectivity index (χ2v) is 19.8. The fourth-order valence-corrected chi connectivity index (χ4v) is 8.62. The van der Waals surface area contributed by atoms with Crippen LogP contribution in [0.15, 0.2) is 12.2 Å². The summed E-state index contributed by atoms with van der Waals surface area (Å²) >= 11 is 0. The van der Waals surface area contributed by atoms with E-state index >= 15 is 0 Å². The Morgan fingerprint density at radius 2 is 0.694 bits per heavy atom. The number of esters is 2. The molecule has 8 nitrogen and oxygen atoms in total. The number of carbonyl (C=O) groups excluding carboxylic acids is 2. The first-order chi connectivity index (χ1) is 30.3. The van der Waals surface area contributed by atoms with Crippen molar-refractivity contribution < 1.29 is 37.9 Å². The summed E-state index contributed by atoms with van der Waals surface area (Å²) in [7, 11) is -4.76. The second-order valence-electron chi connectivity index (χ2n) is 18.6. The number of phosphoric acid groups is 1. The van der Waals surface area contributed by atoms with Crippen molar-refractivity contribution in [1.29, 1.82) is 0 Å². The maximum absolute atomic E-state index is 12.5. The van der Waals surface area contributed by atoms with E-state index in [4.69, 9.17) is 19.3 Å². The summed E-state index contributed by atoms with van der Waals surface area (Å²) in [4.78, 5) is 43.1. The minimum absolute atomic E-state index is 0.214. The van der Waals surface area contributed by atoms with Crippen LogP contribution >= 0.6 is 7.82 Å². The van der Waals surface area contributed by atoms with Gasteiger partial charge in [-0.3, -0.25) is 14.1 Å². The molecule has 0 aliphatic carbocycles. The molecule has 62 heavy (non-hydrogen) atoms. The Balaban J connectivity index is 3.77. The molecule has 0 saturated heterocycles. The normalized spacial score (nSPS) is 12.4.